The number of rotatable bonds is 14. The molecule has 2 fully saturated rings. The Labute approximate surface area is 233 Å². The molecule has 0 saturated carbocycles. The fourth-order valence-electron chi connectivity index (χ4n) is 5.30. The molecule has 2 rings (SSSR count). The van der Waals surface area contributed by atoms with Gasteiger partial charge in [0.25, 0.3) is 0 Å². The van der Waals surface area contributed by atoms with Gasteiger partial charge in [-0.05, 0) is 62.8 Å². The molecular weight excluding hydrogens is 500 g/mol. The molecule has 2 saturated heterocycles. The molecule has 0 spiro atoms. The topological polar surface area (TPSA) is 163 Å². The number of amides is 5. The van der Waals surface area contributed by atoms with Crippen molar-refractivity contribution < 1.29 is 24.0 Å². The highest BCUT2D eigenvalue weighted by Crippen LogP contribution is 2.22. The van der Waals surface area contributed by atoms with Crippen LogP contribution in [0.5, 0.6) is 0 Å². The van der Waals surface area contributed by atoms with Gasteiger partial charge >= 0.3 is 0 Å². The van der Waals surface area contributed by atoms with Gasteiger partial charge < -0.3 is 31.9 Å². The average molecular weight is 551 g/mol. The number of nitrogens with two attached hydrogens (primary N) is 1. The summed E-state index contributed by atoms with van der Waals surface area (Å²) in [7, 11) is 0. The van der Waals surface area contributed by atoms with Crippen molar-refractivity contribution in [3.8, 4) is 0 Å². The summed E-state index contributed by atoms with van der Waals surface area (Å²) < 4.78 is 0. The van der Waals surface area contributed by atoms with Crippen molar-refractivity contribution in [2.24, 2.45) is 23.5 Å². The van der Waals surface area contributed by atoms with E-state index in [1.54, 1.807) is 4.90 Å². The predicted octanol–water partition coefficient (Wildman–Crippen LogP) is 0.807. The number of hydrogen-bond donors (Lipinski definition) is 5. The van der Waals surface area contributed by atoms with Gasteiger partial charge in [0.1, 0.15) is 24.2 Å². The van der Waals surface area contributed by atoms with Crippen molar-refractivity contribution >= 4 is 29.5 Å². The van der Waals surface area contributed by atoms with E-state index in [1.165, 1.54) is 0 Å². The second kappa shape index (κ2) is 15.2. The zero-order valence-electron chi connectivity index (χ0n) is 24.5. The van der Waals surface area contributed by atoms with Crippen LogP contribution in [-0.2, 0) is 24.0 Å². The molecule has 0 aromatic rings. The van der Waals surface area contributed by atoms with Gasteiger partial charge in [0, 0.05) is 6.54 Å². The highest BCUT2D eigenvalue weighted by atomic mass is 16.2. The smallest absolute Gasteiger partial charge is 0.243 e. The van der Waals surface area contributed by atoms with Gasteiger partial charge in [-0.15, -0.1) is 0 Å². The summed E-state index contributed by atoms with van der Waals surface area (Å²) in [6.07, 6.45) is 4.32. The van der Waals surface area contributed by atoms with Crippen LogP contribution in [0.15, 0.2) is 0 Å². The van der Waals surface area contributed by atoms with Crippen molar-refractivity contribution in [3.05, 3.63) is 0 Å². The zero-order chi connectivity index (χ0) is 29.3. The Balaban J connectivity index is 2.15. The van der Waals surface area contributed by atoms with E-state index in [4.69, 9.17) is 5.73 Å². The van der Waals surface area contributed by atoms with Crippen LogP contribution in [0.4, 0.5) is 0 Å². The molecule has 2 heterocycles. The van der Waals surface area contributed by atoms with Crippen LogP contribution in [0.25, 0.3) is 0 Å². The molecule has 0 aliphatic carbocycles. The van der Waals surface area contributed by atoms with Crippen molar-refractivity contribution in [2.75, 3.05) is 13.1 Å². The monoisotopic (exact) mass is 550 g/mol. The minimum Gasteiger partial charge on any atom is -0.368 e. The number of primary amides is 1. The van der Waals surface area contributed by atoms with Crippen LogP contribution in [0, 0.1) is 17.8 Å². The number of carbonyl (C=O) groups is 5. The Kier molecular flexibility index (Phi) is 12.7. The Morgan fingerprint density at radius 2 is 1.49 bits per heavy atom. The van der Waals surface area contributed by atoms with E-state index in [-0.39, 0.29) is 35.6 Å². The van der Waals surface area contributed by atoms with E-state index in [9.17, 15) is 24.0 Å². The molecule has 222 valence electrons. The van der Waals surface area contributed by atoms with Gasteiger partial charge in [0.15, 0.2) is 0 Å². The standard InChI is InChI=1S/C28H50N6O5/c1-7-18(6)23(33-26(37)22-11-9-13-34(22)28(39)19-10-8-12-30-19)27(38)32-21(15-17(4)5)25(36)31-20(24(29)35)14-16(2)3/h16-23,30H,7-15H2,1-6H3,(H2,29,35)(H,31,36)(H,32,38)(H,33,37)/t18-,19-,20-,21-,22-,23-/m0/s1. The van der Waals surface area contributed by atoms with Crippen LogP contribution in [-0.4, -0.2) is 77.7 Å². The van der Waals surface area contributed by atoms with Gasteiger partial charge in [0.05, 0.1) is 6.04 Å². The second-order valence-corrected chi connectivity index (χ2v) is 12.0. The summed E-state index contributed by atoms with van der Waals surface area (Å²) in [6, 6.07) is -3.50. The lowest BCUT2D eigenvalue weighted by atomic mass is 9.96. The number of nitrogens with one attached hydrogen (secondary N) is 4. The third kappa shape index (κ3) is 9.47. The lowest BCUT2D eigenvalue weighted by molar-refractivity contribution is -0.141. The minimum atomic E-state index is -0.895. The van der Waals surface area contributed by atoms with Crippen molar-refractivity contribution in [2.45, 2.75) is 117 Å². The lowest BCUT2D eigenvalue weighted by Crippen LogP contribution is -2.60. The molecule has 5 amide bonds. The Bertz CT molecular complexity index is 873. The summed E-state index contributed by atoms with van der Waals surface area (Å²) in [4.78, 5) is 66.7. The van der Waals surface area contributed by atoms with E-state index in [0.29, 0.717) is 32.2 Å². The average Bonchev–Trinajstić information content (AvgIpc) is 3.57. The number of nitrogens with zero attached hydrogens (tertiary/aromatic N) is 1. The first-order valence-electron chi connectivity index (χ1n) is 14.6. The first-order valence-corrected chi connectivity index (χ1v) is 14.6. The molecule has 2 aliphatic heterocycles. The highest BCUT2D eigenvalue weighted by molar-refractivity contribution is 5.96. The van der Waals surface area contributed by atoms with Crippen molar-refractivity contribution in [1.82, 2.24) is 26.2 Å². The maximum Gasteiger partial charge on any atom is 0.243 e. The SMILES string of the molecule is CC[C@H](C)[C@H](NC(=O)[C@@H]1CCCN1C(=O)[C@@H]1CCCN1)C(=O)N[C@@H](CC(C)C)C(=O)N[C@@H](CC(C)C)C(N)=O. The quantitative estimate of drug-likeness (QED) is 0.215. The Morgan fingerprint density at radius 1 is 0.872 bits per heavy atom. The first kappa shape index (κ1) is 32.5. The third-order valence-electron chi connectivity index (χ3n) is 7.70. The zero-order valence-corrected chi connectivity index (χ0v) is 24.5. The summed E-state index contributed by atoms with van der Waals surface area (Å²) in [6.45, 7) is 12.8. The van der Waals surface area contributed by atoms with Gasteiger partial charge in [0.2, 0.25) is 29.5 Å². The molecule has 11 nitrogen and oxygen atoms in total. The molecule has 0 radical (unpaired) electrons. The highest BCUT2D eigenvalue weighted by Gasteiger charge is 2.40. The van der Waals surface area contributed by atoms with E-state index in [1.807, 2.05) is 41.5 Å². The normalized spacial score (nSPS) is 22.3. The van der Waals surface area contributed by atoms with Gasteiger partial charge in [-0.3, -0.25) is 24.0 Å². The van der Waals surface area contributed by atoms with Crippen LogP contribution < -0.4 is 27.0 Å². The molecule has 0 bridgehead atoms. The van der Waals surface area contributed by atoms with E-state index in [0.717, 1.165) is 25.8 Å². The van der Waals surface area contributed by atoms with E-state index in [2.05, 4.69) is 21.3 Å². The van der Waals surface area contributed by atoms with Gasteiger partial charge in [-0.2, -0.15) is 0 Å². The fraction of sp³-hybridized carbons (Fsp3) is 0.821. The Hall–Kier alpha value is -2.69. The third-order valence-corrected chi connectivity index (χ3v) is 7.70. The summed E-state index contributed by atoms with van der Waals surface area (Å²) >= 11 is 0. The number of hydrogen-bond acceptors (Lipinski definition) is 6. The van der Waals surface area contributed by atoms with Gasteiger partial charge in [-0.1, -0.05) is 48.0 Å². The number of carbonyl (C=O) groups excluding carboxylic acids is 5. The first-order chi connectivity index (χ1) is 18.3. The lowest BCUT2D eigenvalue weighted by Gasteiger charge is -2.31. The second-order valence-electron chi connectivity index (χ2n) is 12.0. The molecule has 0 aromatic carbocycles. The molecule has 11 heteroatoms. The minimum absolute atomic E-state index is 0.0613. The molecule has 39 heavy (non-hydrogen) atoms. The van der Waals surface area contributed by atoms with Crippen molar-refractivity contribution in [3.63, 3.8) is 0 Å². The van der Waals surface area contributed by atoms with Crippen LogP contribution in [0.3, 0.4) is 0 Å². The van der Waals surface area contributed by atoms with Gasteiger partial charge in [-0.25, -0.2) is 0 Å². The Morgan fingerprint density at radius 3 is 2.03 bits per heavy atom. The maximum absolute atomic E-state index is 13.5. The van der Waals surface area contributed by atoms with E-state index >= 15 is 0 Å². The molecule has 0 unspecified atom stereocenters. The fourth-order valence-corrected chi connectivity index (χ4v) is 5.30. The summed E-state index contributed by atoms with van der Waals surface area (Å²) in [5.41, 5.74) is 5.51. The predicted molar refractivity (Wildman–Crippen MR) is 149 cm³/mol. The molecule has 6 atom stereocenters. The maximum atomic E-state index is 13.5. The van der Waals surface area contributed by atoms with Crippen LogP contribution in [0.2, 0.25) is 0 Å². The van der Waals surface area contributed by atoms with Crippen LogP contribution >= 0.6 is 0 Å². The molecule has 2 aliphatic rings. The molecule has 0 aromatic heterocycles. The molecular formula is C28H50N6O5. The largest absolute Gasteiger partial charge is 0.368 e. The summed E-state index contributed by atoms with van der Waals surface area (Å²) in [5.74, 6) is -1.98. The molecule has 6 N–H and O–H groups in total. The summed E-state index contributed by atoms with van der Waals surface area (Å²) in [5, 5.41) is 11.6. The number of likely N-dealkylation sites (tertiary alicyclic amines) is 1. The van der Waals surface area contributed by atoms with Crippen molar-refractivity contribution in [1.29, 1.82) is 0 Å². The van der Waals surface area contributed by atoms with E-state index < -0.39 is 41.9 Å². The van der Waals surface area contributed by atoms with Crippen LogP contribution in [0.1, 0.15) is 86.5 Å².